The van der Waals surface area contributed by atoms with Crippen LogP contribution in [0, 0.1) is 0 Å². The van der Waals surface area contributed by atoms with Crippen molar-refractivity contribution >= 4 is 11.7 Å². The number of carbonyl (C=O) groups is 1. The Morgan fingerprint density at radius 2 is 2.56 bits per heavy atom. The van der Waals surface area contributed by atoms with Crippen molar-refractivity contribution in [3.05, 3.63) is 12.3 Å². The summed E-state index contributed by atoms with van der Waals surface area (Å²) in [7, 11) is 0. The maximum absolute atomic E-state index is 11.6. The summed E-state index contributed by atoms with van der Waals surface area (Å²) >= 11 is 0. The molecule has 1 amide bonds. The zero-order valence-electron chi connectivity index (χ0n) is 9.31. The van der Waals surface area contributed by atoms with Gasteiger partial charge in [-0.1, -0.05) is 0 Å². The monoisotopic (exact) mass is 223 g/mol. The van der Waals surface area contributed by atoms with E-state index in [1.165, 1.54) is 0 Å². The number of aromatic nitrogens is 2. The van der Waals surface area contributed by atoms with Crippen molar-refractivity contribution in [2.24, 2.45) is 5.73 Å². The number of hydrogen-bond acceptors (Lipinski definition) is 4. The van der Waals surface area contributed by atoms with Crippen molar-refractivity contribution in [2.75, 3.05) is 18.4 Å². The molecule has 16 heavy (non-hydrogen) atoms. The minimum absolute atomic E-state index is 0.0657. The van der Waals surface area contributed by atoms with Gasteiger partial charge in [0.25, 0.3) is 0 Å². The van der Waals surface area contributed by atoms with Gasteiger partial charge < -0.3 is 16.4 Å². The molecular weight excluding hydrogens is 206 g/mol. The molecule has 1 fully saturated rings. The fraction of sp³-hybridized carbons (Fsp3) is 0.600. The minimum Gasteiger partial charge on any atom is -0.327 e. The van der Waals surface area contributed by atoms with Crippen LogP contribution in [0.5, 0.6) is 0 Å². The zero-order valence-corrected chi connectivity index (χ0v) is 9.31. The van der Waals surface area contributed by atoms with Crippen molar-refractivity contribution in [1.82, 2.24) is 15.1 Å². The normalized spacial score (nSPS) is 17.9. The van der Waals surface area contributed by atoms with Crippen molar-refractivity contribution in [1.29, 1.82) is 0 Å². The molecule has 2 heterocycles. The van der Waals surface area contributed by atoms with Crippen LogP contribution >= 0.6 is 0 Å². The highest BCUT2D eigenvalue weighted by molar-refractivity contribution is 5.90. The van der Waals surface area contributed by atoms with Crippen LogP contribution in [0.15, 0.2) is 12.3 Å². The van der Waals surface area contributed by atoms with E-state index >= 15 is 0 Å². The number of nitrogens with zero attached hydrogens (tertiary/aromatic N) is 2. The lowest BCUT2D eigenvalue weighted by atomic mass is 10.2. The molecule has 1 aliphatic rings. The topological polar surface area (TPSA) is 85.0 Å². The summed E-state index contributed by atoms with van der Waals surface area (Å²) in [6.45, 7) is 3.61. The Morgan fingerprint density at radius 1 is 1.81 bits per heavy atom. The predicted molar refractivity (Wildman–Crippen MR) is 61.0 cm³/mol. The van der Waals surface area contributed by atoms with Gasteiger partial charge in [-0.05, 0) is 6.92 Å². The first-order valence-electron chi connectivity index (χ1n) is 5.46. The fourth-order valence-corrected chi connectivity index (χ4v) is 1.64. The van der Waals surface area contributed by atoms with E-state index in [0.29, 0.717) is 12.5 Å². The van der Waals surface area contributed by atoms with Gasteiger partial charge >= 0.3 is 0 Å². The highest BCUT2D eigenvalue weighted by Gasteiger charge is 2.22. The summed E-state index contributed by atoms with van der Waals surface area (Å²) in [5, 5.41) is 10.2. The van der Waals surface area contributed by atoms with Gasteiger partial charge in [0.1, 0.15) is 5.82 Å². The zero-order chi connectivity index (χ0) is 11.5. The summed E-state index contributed by atoms with van der Waals surface area (Å²) in [4.78, 5) is 11.6. The summed E-state index contributed by atoms with van der Waals surface area (Å²) in [6, 6.07) is 2.03. The standard InChI is InChI=1S/C10H17N5O/c1-7(11)4-10(16)14-9-2-3-13-15(9)8-5-12-6-8/h2-3,7-8,12H,4-6,11H2,1H3,(H,14,16)/t7-/m1/s1. The molecule has 6 nitrogen and oxygen atoms in total. The molecule has 0 aliphatic carbocycles. The molecule has 0 radical (unpaired) electrons. The Balaban J connectivity index is 1.98. The first kappa shape index (κ1) is 11.1. The van der Waals surface area contributed by atoms with E-state index in [9.17, 15) is 4.79 Å². The van der Waals surface area contributed by atoms with Crippen LogP contribution in [0.25, 0.3) is 0 Å². The maximum Gasteiger partial charge on any atom is 0.227 e. The van der Waals surface area contributed by atoms with Gasteiger partial charge in [0.05, 0.1) is 12.2 Å². The quantitative estimate of drug-likeness (QED) is 0.654. The first-order valence-corrected chi connectivity index (χ1v) is 5.46. The lowest BCUT2D eigenvalue weighted by Crippen LogP contribution is -2.44. The van der Waals surface area contributed by atoms with Crippen LogP contribution in [0.4, 0.5) is 5.82 Å². The number of anilines is 1. The average Bonchev–Trinajstić information content (AvgIpc) is 2.48. The molecule has 1 aromatic rings. The molecule has 6 heteroatoms. The van der Waals surface area contributed by atoms with Crippen LogP contribution in [-0.4, -0.2) is 34.8 Å². The Bertz CT molecular complexity index is 369. The van der Waals surface area contributed by atoms with E-state index in [0.717, 1.165) is 18.9 Å². The second kappa shape index (κ2) is 4.63. The lowest BCUT2D eigenvalue weighted by molar-refractivity contribution is -0.116. The van der Waals surface area contributed by atoms with Gasteiger partial charge in [-0.3, -0.25) is 4.79 Å². The SMILES string of the molecule is C[C@@H](N)CC(=O)Nc1ccnn1C1CNC1. The summed E-state index contributed by atoms with van der Waals surface area (Å²) in [5.41, 5.74) is 5.56. The van der Waals surface area contributed by atoms with E-state index in [2.05, 4.69) is 15.7 Å². The minimum atomic E-state index is -0.123. The Hall–Kier alpha value is -1.40. The molecule has 0 saturated carbocycles. The molecular formula is C10H17N5O. The Morgan fingerprint density at radius 3 is 3.12 bits per heavy atom. The maximum atomic E-state index is 11.6. The molecule has 1 aromatic heterocycles. The third kappa shape index (κ3) is 2.40. The number of amides is 1. The predicted octanol–water partition coefficient (Wildman–Crippen LogP) is -0.297. The number of nitrogens with two attached hydrogens (primary N) is 1. The Labute approximate surface area is 94.2 Å². The van der Waals surface area contributed by atoms with Crippen molar-refractivity contribution in [3.8, 4) is 0 Å². The summed E-state index contributed by atoms with van der Waals surface area (Å²) in [6.07, 6.45) is 2.02. The molecule has 2 rings (SSSR count). The van der Waals surface area contributed by atoms with Gasteiger partial charge in [0.15, 0.2) is 0 Å². The number of hydrogen-bond donors (Lipinski definition) is 3. The third-order valence-corrected chi connectivity index (χ3v) is 2.55. The lowest BCUT2D eigenvalue weighted by Gasteiger charge is -2.28. The first-order chi connectivity index (χ1) is 7.66. The van der Waals surface area contributed by atoms with Crippen LogP contribution in [0.1, 0.15) is 19.4 Å². The summed E-state index contributed by atoms with van der Waals surface area (Å²) < 4.78 is 1.84. The van der Waals surface area contributed by atoms with Gasteiger partial charge in [-0.2, -0.15) is 5.10 Å². The summed E-state index contributed by atoms with van der Waals surface area (Å²) in [5.74, 6) is 0.682. The highest BCUT2D eigenvalue weighted by Crippen LogP contribution is 2.17. The van der Waals surface area contributed by atoms with Crippen molar-refractivity contribution in [3.63, 3.8) is 0 Å². The van der Waals surface area contributed by atoms with Crippen LogP contribution in [0.3, 0.4) is 0 Å². The second-order valence-electron chi connectivity index (χ2n) is 4.20. The van der Waals surface area contributed by atoms with Crippen molar-refractivity contribution in [2.45, 2.75) is 25.4 Å². The van der Waals surface area contributed by atoms with E-state index < -0.39 is 0 Å². The number of nitrogens with one attached hydrogen (secondary N) is 2. The highest BCUT2D eigenvalue weighted by atomic mass is 16.1. The molecule has 0 aromatic carbocycles. The third-order valence-electron chi connectivity index (χ3n) is 2.55. The smallest absolute Gasteiger partial charge is 0.227 e. The van der Waals surface area contributed by atoms with Gasteiger partial charge in [-0.15, -0.1) is 0 Å². The van der Waals surface area contributed by atoms with E-state index in [1.54, 1.807) is 12.3 Å². The van der Waals surface area contributed by atoms with Crippen LogP contribution in [-0.2, 0) is 4.79 Å². The molecule has 0 bridgehead atoms. The number of rotatable bonds is 4. The molecule has 4 N–H and O–H groups in total. The molecule has 1 aliphatic heterocycles. The second-order valence-corrected chi connectivity index (χ2v) is 4.20. The molecule has 88 valence electrons. The average molecular weight is 223 g/mol. The van der Waals surface area contributed by atoms with Gasteiger partial charge in [0, 0.05) is 31.6 Å². The van der Waals surface area contributed by atoms with Gasteiger partial charge in [0.2, 0.25) is 5.91 Å². The van der Waals surface area contributed by atoms with Crippen molar-refractivity contribution < 1.29 is 4.79 Å². The van der Waals surface area contributed by atoms with E-state index in [4.69, 9.17) is 5.73 Å². The Kier molecular flexibility index (Phi) is 3.21. The van der Waals surface area contributed by atoms with Crippen LogP contribution in [0.2, 0.25) is 0 Å². The fourth-order valence-electron chi connectivity index (χ4n) is 1.64. The van der Waals surface area contributed by atoms with E-state index in [1.807, 2.05) is 11.6 Å². The molecule has 0 spiro atoms. The molecule has 1 atom stereocenters. The van der Waals surface area contributed by atoms with Crippen LogP contribution < -0.4 is 16.4 Å². The molecule has 1 saturated heterocycles. The number of carbonyl (C=O) groups excluding carboxylic acids is 1. The molecule has 0 unspecified atom stereocenters. The largest absolute Gasteiger partial charge is 0.327 e. The van der Waals surface area contributed by atoms with Gasteiger partial charge in [-0.25, -0.2) is 4.68 Å². The van der Waals surface area contributed by atoms with E-state index in [-0.39, 0.29) is 11.9 Å².